The average molecular weight is 441 g/mol. The number of ether oxygens (including phenoxy) is 1. The van der Waals surface area contributed by atoms with Crippen LogP contribution in [-0.4, -0.2) is 30.5 Å². The number of nitrogen functional groups attached to an aromatic ring is 1. The standard InChI is InChI=1S/C19H16FN7O3S/c20-11-1-3-12(4-2-11)23-19-25-14(24-18(21)26-19)9-30-15(28)5-7-27-10-22-16-13(17(27)29)6-8-31-16/h1-4,6,8,10H,5,7,9H2,(H3,21,23,24,25,26). The quantitative estimate of drug-likeness (QED) is 0.413. The number of aromatic nitrogens is 5. The third kappa shape index (κ3) is 4.98. The number of thiophene rings is 1. The Hall–Kier alpha value is -3.93. The predicted molar refractivity (Wildman–Crippen MR) is 112 cm³/mol. The molecule has 4 rings (SSSR count). The highest BCUT2D eigenvalue weighted by Gasteiger charge is 2.11. The summed E-state index contributed by atoms with van der Waals surface area (Å²) >= 11 is 1.38. The second-order valence-corrected chi connectivity index (χ2v) is 7.25. The van der Waals surface area contributed by atoms with Crippen molar-refractivity contribution in [1.29, 1.82) is 0 Å². The monoisotopic (exact) mass is 441 g/mol. The van der Waals surface area contributed by atoms with E-state index in [0.29, 0.717) is 15.9 Å². The van der Waals surface area contributed by atoms with Gasteiger partial charge in [0.05, 0.1) is 18.1 Å². The number of fused-ring (bicyclic) bond motifs is 1. The lowest BCUT2D eigenvalue weighted by atomic mass is 10.3. The molecule has 31 heavy (non-hydrogen) atoms. The van der Waals surface area contributed by atoms with Gasteiger partial charge in [-0.3, -0.25) is 14.2 Å². The molecule has 0 spiro atoms. The Kier molecular flexibility index (Phi) is 5.80. The Morgan fingerprint density at radius 2 is 2.00 bits per heavy atom. The van der Waals surface area contributed by atoms with Gasteiger partial charge in [0.2, 0.25) is 11.9 Å². The fourth-order valence-electron chi connectivity index (χ4n) is 2.70. The molecule has 0 radical (unpaired) electrons. The van der Waals surface area contributed by atoms with E-state index in [1.165, 1.54) is 46.5 Å². The molecule has 4 aromatic rings. The number of aryl methyl sites for hydroxylation is 1. The molecule has 0 bridgehead atoms. The number of nitrogens with one attached hydrogen (secondary N) is 1. The molecule has 0 saturated heterocycles. The van der Waals surface area contributed by atoms with Crippen molar-refractivity contribution in [2.75, 3.05) is 11.1 Å². The molecule has 10 nitrogen and oxygen atoms in total. The van der Waals surface area contributed by atoms with E-state index in [1.807, 2.05) is 0 Å². The second-order valence-electron chi connectivity index (χ2n) is 6.36. The minimum atomic E-state index is -0.538. The Balaban J connectivity index is 1.35. The van der Waals surface area contributed by atoms with Gasteiger partial charge in [0, 0.05) is 12.2 Å². The van der Waals surface area contributed by atoms with Gasteiger partial charge < -0.3 is 15.8 Å². The molecule has 0 aliphatic heterocycles. The number of anilines is 3. The highest BCUT2D eigenvalue weighted by atomic mass is 32.1. The molecule has 12 heteroatoms. The van der Waals surface area contributed by atoms with Crippen LogP contribution in [0.2, 0.25) is 0 Å². The summed E-state index contributed by atoms with van der Waals surface area (Å²) < 4.78 is 19.6. The third-order valence-electron chi connectivity index (χ3n) is 4.17. The van der Waals surface area contributed by atoms with Gasteiger partial charge >= 0.3 is 5.97 Å². The molecule has 0 aliphatic carbocycles. The van der Waals surface area contributed by atoms with E-state index in [4.69, 9.17) is 10.5 Å². The first-order chi connectivity index (χ1) is 15.0. The van der Waals surface area contributed by atoms with Gasteiger partial charge in [0.15, 0.2) is 12.4 Å². The Labute approximate surface area is 178 Å². The maximum Gasteiger partial charge on any atom is 0.308 e. The zero-order valence-electron chi connectivity index (χ0n) is 16.0. The summed E-state index contributed by atoms with van der Waals surface area (Å²) in [6.45, 7) is -0.0897. The second kappa shape index (κ2) is 8.83. The van der Waals surface area contributed by atoms with Crippen molar-refractivity contribution in [3.05, 3.63) is 64.0 Å². The van der Waals surface area contributed by atoms with Gasteiger partial charge in [-0.1, -0.05) is 0 Å². The molecule has 0 amide bonds. The highest BCUT2D eigenvalue weighted by molar-refractivity contribution is 7.16. The van der Waals surface area contributed by atoms with Crippen molar-refractivity contribution < 1.29 is 13.9 Å². The van der Waals surface area contributed by atoms with Crippen molar-refractivity contribution in [2.45, 2.75) is 19.6 Å². The first-order valence-electron chi connectivity index (χ1n) is 9.09. The van der Waals surface area contributed by atoms with Crippen LogP contribution in [0.1, 0.15) is 12.2 Å². The van der Waals surface area contributed by atoms with Crippen molar-refractivity contribution in [3.63, 3.8) is 0 Å². The van der Waals surface area contributed by atoms with Crippen LogP contribution < -0.4 is 16.6 Å². The Morgan fingerprint density at radius 1 is 1.19 bits per heavy atom. The molecule has 0 atom stereocenters. The highest BCUT2D eigenvalue weighted by Crippen LogP contribution is 2.15. The molecule has 0 saturated carbocycles. The maximum absolute atomic E-state index is 13.0. The summed E-state index contributed by atoms with van der Waals surface area (Å²) in [6.07, 6.45) is 1.38. The van der Waals surface area contributed by atoms with E-state index in [2.05, 4.69) is 25.3 Å². The summed E-state index contributed by atoms with van der Waals surface area (Å²) in [6, 6.07) is 7.30. The van der Waals surface area contributed by atoms with Gasteiger partial charge in [0.1, 0.15) is 10.6 Å². The zero-order chi connectivity index (χ0) is 21.8. The van der Waals surface area contributed by atoms with E-state index >= 15 is 0 Å². The van der Waals surface area contributed by atoms with Crippen LogP contribution in [0, 0.1) is 5.82 Å². The average Bonchev–Trinajstić information content (AvgIpc) is 3.23. The summed E-state index contributed by atoms with van der Waals surface area (Å²) in [7, 11) is 0. The number of nitrogens with two attached hydrogens (primary N) is 1. The van der Waals surface area contributed by atoms with Crippen LogP contribution in [0.5, 0.6) is 0 Å². The molecule has 1 aromatic carbocycles. The van der Waals surface area contributed by atoms with Gasteiger partial charge in [-0.15, -0.1) is 11.3 Å². The van der Waals surface area contributed by atoms with Crippen LogP contribution in [0.15, 0.2) is 46.8 Å². The van der Waals surface area contributed by atoms with Crippen LogP contribution in [0.25, 0.3) is 10.2 Å². The first kappa shape index (κ1) is 20.3. The van der Waals surface area contributed by atoms with Crippen molar-refractivity contribution >= 4 is 45.1 Å². The minimum absolute atomic E-state index is 0.0293. The van der Waals surface area contributed by atoms with Gasteiger partial charge in [-0.05, 0) is 35.7 Å². The summed E-state index contributed by atoms with van der Waals surface area (Å²) in [4.78, 5) is 41.3. The SMILES string of the molecule is Nc1nc(COC(=O)CCn2cnc3sccc3c2=O)nc(Nc2ccc(F)cc2)n1. The van der Waals surface area contributed by atoms with E-state index < -0.39 is 5.97 Å². The van der Waals surface area contributed by atoms with Crippen molar-refractivity contribution in [1.82, 2.24) is 24.5 Å². The van der Waals surface area contributed by atoms with E-state index in [9.17, 15) is 14.0 Å². The number of carbonyl (C=O) groups excluding carboxylic acids is 1. The Bertz CT molecular complexity index is 1290. The van der Waals surface area contributed by atoms with E-state index in [0.717, 1.165) is 0 Å². The van der Waals surface area contributed by atoms with Crippen molar-refractivity contribution in [2.24, 2.45) is 0 Å². The molecule has 0 unspecified atom stereocenters. The fourth-order valence-corrected chi connectivity index (χ4v) is 3.43. The van der Waals surface area contributed by atoms with E-state index in [1.54, 1.807) is 11.4 Å². The number of esters is 1. The first-order valence-corrected chi connectivity index (χ1v) is 9.97. The van der Waals surface area contributed by atoms with E-state index in [-0.39, 0.29) is 48.7 Å². The molecule has 3 heterocycles. The summed E-state index contributed by atoms with van der Waals surface area (Å²) in [5, 5.41) is 5.18. The molecule has 0 fully saturated rings. The number of benzene rings is 1. The normalized spacial score (nSPS) is 10.9. The van der Waals surface area contributed by atoms with Crippen molar-refractivity contribution in [3.8, 4) is 0 Å². The number of hydrogen-bond acceptors (Lipinski definition) is 10. The topological polar surface area (TPSA) is 138 Å². The van der Waals surface area contributed by atoms with Crippen LogP contribution in [0.4, 0.5) is 22.0 Å². The smallest absolute Gasteiger partial charge is 0.308 e. The number of halogens is 1. The molecule has 3 aromatic heterocycles. The Morgan fingerprint density at radius 3 is 2.81 bits per heavy atom. The zero-order valence-corrected chi connectivity index (χ0v) is 16.8. The molecule has 3 N–H and O–H groups in total. The molecule has 0 aliphatic rings. The van der Waals surface area contributed by atoms with Gasteiger partial charge in [-0.25, -0.2) is 9.37 Å². The third-order valence-corrected chi connectivity index (χ3v) is 4.99. The number of hydrogen-bond donors (Lipinski definition) is 2. The van der Waals surface area contributed by atoms with Gasteiger partial charge in [0.25, 0.3) is 5.56 Å². The van der Waals surface area contributed by atoms with Gasteiger partial charge in [-0.2, -0.15) is 15.0 Å². The number of rotatable bonds is 7. The summed E-state index contributed by atoms with van der Waals surface area (Å²) in [5.74, 6) is -0.700. The number of nitrogens with zero attached hydrogens (tertiary/aromatic N) is 5. The van der Waals surface area contributed by atoms with Crippen LogP contribution in [0.3, 0.4) is 0 Å². The predicted octanol–water partition coefficient (Wildman–Crippen LogP) is 2.24. The number of carbonyl (C=O) groups is 1. The maximum atomic E-state index is 13.0. The molecule has 158 valence electrons. The largest absolute Gasteiger partial charge is 0.457 e. The fraction of sp³-hybridized carbons (Fsp3) is 0.158. The lowest BCUT2D eigenvalue weighted by molar-refractivity contribution is -0.145. The lowest BCUT2D eigenvalue weighted by Gasteiger charge is -2.08. The lowest BCUT2D eigenvalue weighted by Crippen LogP contribution is -2.22. The minimum Gasteiger partial charge on any atom is -0.457 e. The summed E-state index contributed by atoms with van der Waals surface area (Å²) in [5.41, 5.74) is 6.03. The van der Waals surface area contributed by atoms with Crippen LogP contribution >= 0.6 is 11.3 Å². The van der Waals surface area contributed by atoms with Crippen LogP contribution in [-0.2, 0) is 22.7 Å². The molecular weight excluding hydrogens is 425 g/mol. The molecular formula is C19H16FN7O3S.